The molecule has 0 nitrogen and oxygen atoms in total. The van der Waals surface area contributed by atoms with E-state index in [1.54, 1.807) is 0 Å². The summed E-state index contributed by atoms with van der Waals surface area (Å²) in [6, 6.07) is 0. The number of hydrogen-bond acceptors (Lipinski definition) is 0. The Hall–Kier alpha value is 1.97. The SMILES string of the molecule is CCC(C)C.[Br][Al]([Br])[Br]. The van der Waals surface area contributed by atoms with E-state index in [9.17, 15) is 0 Å². The molecule has 0 saturated carbocycles. The first kappa shape index (κ1) is 13.6. The van der Waals surface area contributed by atoms with Crippen LogP contribution in [0.2, 0.25) is 0 Å². The highest BCUT2D eigenvalue weighted by molar-refractivity contribution is 9.69. The van der Waals surface area contributed by atoms with Crippen molar-refractivity contribution in [2.24, 2.45) is 5.92 Å². The van der Waals surface area contributed by atoms with Crippen LogP contribution in [-0.4, -0.2) is 8.67 Å². The molecule has 0 radical (unpaired) electrons. The normalized spacial score (nSPS) is 8.33. The van der Waals surface area contributed by atoms with Gasteiger partial charge in [-0.25, -0.2) is 0 Å². The maximum Gasteiger partial charge on any atom is 0.542 e. The summed E-state index contributed by atoms with van der Waals surface area (Å²) in [6.07, 6.45) is 1.31. The Morgan fingerprint density at radius 2 is 1.33 bits per heavy atom. The fraction of sp³-hybridized carbons (Fsp3) is 1.00. The lowest BCUT2D eigenvalue weighted by molar-refractivity contribution is 0.626. The van der Waals surface area contributed by atoms with E-state index in [1.807, 2.05) is 0 Å². The molecule has 0 aliphatic heterocycles. The van der Waals surface area contributed by atoms with E-state index in [0.29, 0.717) is 0 Å². The molecule has 0 aromatic rings. The molecule has 0 aromatic heterocycles. The van der Waals surface area contributed by atoms with Crippen molar-refractivity contribution in [3.05, 3.63) is 0 Å². The molecule has 4 heteroatoms. The molecule has 0 aliphatic carbocycles. The van der Waals surface area contributed by atoms with Crippen LogP contribution in [0.1, 0.15) is 27.2 Å². The molecule has 0 aromatic carbocycles. The molecule has 9 heavy (non-hydrogen) atoms. The fourth-order valence-electron chi connectivity index (χ4n) is 0. The first-order chi connectivity index (χ1) is 4.00. The maximum absolute atomic E-state index is 3.24. The Labute approximate surface area is 83.1 Å². The minimum Gasteiger partial charge on any atom is -0.181 e. The van der Waals surface area contributed by atoms with Gasteiger partial charge in [0.25, 0.3) is 0 Å². The summed E-state index contributed by atoms with van der Waals surface area (Å²) in [5, 5.41) is 0. The highest BCUT2D eigenvalue weighted by Gasteiger charge is 1.95. The van der Waals surface area contributed by atoms with Crippen molar-refractivity contribution in [3.8, 4) is 0 Å². The highest BCUT2D eigenvalue weighted by atomic mass is 80.0. The smallest absolute Gasteiger partial charge is 0.181 e. The number of rotatable bonds is 1. The van der Waals surface area contributed by atoms with Gasteiger partial charge in [0.15, 0.2) is 0 Å². The fourth-order valence-corrected chi connectivity index (χ4v) is 0. The van der Waals surface area contributed by atoms with E-state index in [-0.39, 0.29) is 0 Å². The largest absolute Gasteiger partial charge is 0.542 e. The lowest BCUT2D eigenvalue weighted by atomic mass is 10.2. The van der Waals surface area contributed by atoms with Gasteiger partial charge in [0.2, 0.25) is 0 Å². The second-order valence-corrected chi connectivity index (χ2v) is 21.8. The van der Waals surface area contributed by atoms with Gasteiger partial charge in [0, 0.05) is 0 Å². The summed E-state index contributed by atoms with van der Waals surface area (Å²) in [6.45, 7) is 6.64. The molecular formula is C5H12AlBr3. The van der Waals surface area contributed by atoms with Crippen LogP contribution in [0.4, 0.5) is 0 Å². The molecule has 0 fully saturated rings. The maximum atomic E-state index is 3.24. The van der Waals surface area contributed by atoms with E-state index in [4.69, 9.17) is 0 Å². The minimum absolute atomic E-state index is 0.701. The zero-order chi connectivity index (χ0) is 7.86. The first-order valence-corrected chi connectivity index (χ1v) is 12.5. The van der Waals surface area contributed by atoms with Crippen LogP contribution >= 0.6 is 42.2 Å². The summed E-state index contributed by atoms with van der Waals surface area (Å²) in [5.41, 5.74) is 0. The Kier molecular flexibility index (Phi) is 15.0. The number of hydrogen-bond donors (Lipinski definition) is 0. The standard InChI is InChI=1S/C5H12.Al.3BrH/c1-4-5(2)3;;;;/h5H,4H2,1-3H3;;3*1H/q;+3;;;/p-3. The molecule has 0 bridgehead atoms. The average molecular weight is 339 g/mol. The van der Waals surface area contributed by atoms with Crippen molar-refractivity contribution in [1.82, 2.24) is 0 Å². The second-order valence-electron chi connectivity index (χ2n) is 2.05. The molecule has 0 atom stereocenters. The van der Waals surface area contributed by atoms with Crippen molar-refractivity contribution in [2.75, 3.05) is 0 Å². The van der Waals surface area contributed by atoms with Gasteiger partial charge in [-0.05, 0) is 5.92 Å². The van der Waals surface area contributed by atoms with Crippen LogP contribution in [0.15, 0.2) is 0 Å². The van der Waals surface area contributed by atoms with Crippen molar-refractivity contribution in [1.29, 1.82) is 0 Å². The van der Waals surface area contributed by atoms with Crippen LogP contribution in [0.3, 0.4) is 0 Å². The first-order valence-electron chi connectivity index (χ1n) is 2.92. The topological polar surface area (TPSA) is 0 Å². The predicted molar refractivity (Wildman–Crippen MR) is 57.7 cm³/mol. The molecule has 0 rings (SSSR count). The van der Waals surface area contributed by atoms with Gasteiger partial charge < -0.3 is 0 Å². The second kappa shape index (κ2) is 9.97. The van der Waals surface area contributed by atoms with Crippen LogP contribution in [0.25, 0.3) is 0 Å². The molecule has 0 aliphatic rings. The molecule has 0 unspecified atom stereocenters. The van der Waals surface area contributed by atoms with E-state index < -0.39 is 8.67 Å². The van der Waals surface area contributed by atoms with Crippen LogP contribution < -0.4 is 0 Å². The predicted octanol–water partition coefficient (Wildman–Crippen LogP) is 4.21. The molecule has 56 valence electrons. The van der Waals surface area contributed by atoms with E-state index >= 15 is 0 Å². The summed E-state index contributed by atoms with van der Waals surface area (Å²) >= 11 is 9.73. The summed E-state index contributed by atoms with van der Waals surface area (Å²) in [4.78, 5) is 0. The molecule has 0 spiro atoms. The van der Waals surface area contributed by atoms with E-state index in [0.717, 1.165) is 5.92 Å². The van der Waals surface area contributed by atoms with Crippen molar-refractivity contribution in [2.45, 2.75) is 27.2 Å². The van der Waals surface area contributed by atoms with Crippen LogP contribution in [0.5, 0.6) is 0 Å². The molecule has 0 saturated heterocycles. The molecule has 0 heterocycles. The van der Waals surface area contributed by atoms with Gasteiger partial charge in [0.1, 0.15) is 0 Å². The van der Waals surface area contributed by atoms with Gasteiger partial charge >= 0.3 is 8.67 Å². The van der Waals surface area contributed by atoms with E-state index in [2.05, 4.69) is 62.9 Å². The number of halogens is 3. The third kappa shape index (κ3) is 40.2. The quantitative estimate of drug-likeness (QED) is 0.628. The summed E-state index contributed by atoms with van der Waals surface area (Å²) in [7, 11) is -0.701. The summed E-state index contributed by atoms with van der Waals surface area (Å²) < 4.78 is 0. The molecular weight excluding hydrogens is 327 g/mol. The van der Waals surface area contributed by atoms with Crippen molar-refractivity contribution < 1.29 is 0 Å². The Morgan fingerprint density at radius 1 is 1.22 bits per heavy atom. The van der Waals surface area contributed by atoms with Gasteiger partial charge in [-0.15, -0.1) is 0 Å². The molecule has 0 amide bonds. The van der Waals surface area contributed by atoms with Crippen molar-refractivity contribution in [3.63, 3.8) is 0 Å². The molecule has 0 N–H and O–H groups in total. The van der Waals surface area contributed by atoms with Gasteiger partial charge in [-0.1, -0.05) is 27.2 Å². The van der Waals surface area contributed by atoms with E-state index in [1.165, 1.54) is 6.42 Å². The minimum atomic E-state index is -0.701. The summed E-state index contributed by atoms with van der Waals surface area (Å²) in [5.74, 6) is 0.884. The Morgan fingerprint density at radius 3 is 1.33 bits per heavy atom. The van der Waals surface area contributed by atoms with Crippen LogP contribution in [0, 0.1) is 5.92 Å². The zero-order valence-electron chi connectivity index (χ0n) is 6.00. The third-order valence-corrected chi connectivity index (χ3v) is 0.816. The Balaban J connectivity index is 0. The van der Waals surface area contributed by atoms with Gasteiger partial charge in [0.05, 0.1) is 0 Å². The lowest BCUT2D eigenvalue weighted by Gasteiger charge is -1.90. The van der Waals surface area contributed by atoms with Crippen molar-refractivity contribution >= 4 is 50.8 Å². The van der Waals surface area contributed by atoms with Gasteiger partial charge in [-0.2, -0.15) is 42.2 Å². The van der Waals surface area contributed by atoms with Crippen LogP contribution in [-0.2, 0) is 0 Å². The average Bonchev–Trinajstić information content (AvgIpc) is 1.65. The highest BCUT2D eigenvalue weighted by Crippen LogP contribution is 2.07. The lowest BCUT2D eigenvalue weighted by Crippen LogP contribution is -1.77. The monoisotopic (exact) mass is 336 g/mol. The zero-order valence-corrected chi connectivity index (χ0v) is 11.9. The third-order valence-electron chi connectivity index (χ3n) is 0.816. The Bertz CT molecular complexity index is 44.7. The van der Waals surface area contributed by atoms with Gasteiger partial charge in [-0.3, -0.25) is 0 Å².